The van der Waals surface area contributed by atoms with Gasteiger partial charge in [0.1, 0.15) is 0 Å². The molecule has 6 nitrogen and oxygen atoms in total. The molecule has 0 amide bonds. The van der Waals surface area contributed by atoms with Crippen LogP contribution in [-0.2, 0) is 11.3 Å². The number of carbonyl (C=O) groups is 1. The predicted octanol–water partition coefficient (Wildman–Crippen LogP) is 4.72. The molecule has 0 atom stereocenters. The van der Waals surface area contributed by atoms with E-state index >= 15 is 0 Å². The molecule has 0 unspecified atom stereocenters. The summed E-state index contributed by atoms with van der Waals surface area (Å²) in [6.45, 7) is 7.82. The summed E-state index contributed by atoms with van der Waals surface area (Å²) in [6.07, 6.45) is 8.61. The van der Waals surface area contributed by atoms with Gasteiger partial charge in [-0.2, -0.15) is 0 Å². The Morgan fingerprint density at radius 1 is 1.12 bits per heavy atom. The second kappa shape index (κ2) is 12.4. The second-order valence-corrected chi connectivity index (χ2v) is 8.47. The number of pyridine rings is 1. The van der Waals surface area contributed by atoms with E-state index < -0.39 is 11.4 Å². The molecule has 1 aliphatic heterocycles. The van der Waals surface area contributed by atoms with Crippen molar-refractivity contribution in [3.8, 4) is 0 Å². The zero-order valence-corrected chi connectivity index (χ0v) is 19.3. The Balaban J connectivity index is 0.00000363. The second-order valence-electron chi connectivity index (χ2n) is 8.47. The van der Waals surface area contributed by atoms with Gasteiger partial charge in [-0.1, -0.05) is 38.1 Å². The molecular weight excluding hydrogens is 402 g/mol. The fraction of sp³-hybridized carbons (Fsp3) is 0.462. The largest absolute Gasteiger partial charge is 0.481 e. The molecule has 1 fully saturated rings. The number of hydrogen-bond donors (Lipinski definition) is 2. The molecule has 0 aliphatic carbocycles. The summed E-state index contributed by atoms with van der Waals surface area (Å²) in [5.41, 5.74) is 3.54. The van der Waals surface area contributed by atoms with Gasteiger partial charge in [-0.15, -0.1) is 0 Å². The summed E-state index contributed by atoms with van der Waals surface area (Å²) >= 11 is 0. The van der Waals surface area contributed by atoms with E-state index in [9.17, 15) is 9.90 Å². The first-order valence-corrected chi connectivity index (χ1v) is 11.5. The fourth-order valence-corrected chi connectivity index (χ4v) is 4.24. The van der Waals surface area contributed by atoms with Crippen LogP contribution >= 0.6 is 0 Å². The lowest BCUT2D eigenvalue weighted by Crippen LogP contribution is -2.31. The highest BCUT2D eigenvalue weighted by atomic mass is 16.4. The van der Waals surface area contributed by atoms with Crippen molar-refractivity contribution < 1.29 is 15.4 Å². The van der Waals surface area contributed by atoms with Gasteiger partial charge in [0.25, 0.3) is 0 Å². The predicted molar refractivity (Wildman–Crippen MR) is 131 cm³/mol. The average Bonchev–Trinajstić information content (AvgIpc) is 3.29. The van der Waals surface area contributed by atoms with E-state index in [4.69, 9.17) is 4.98 Å². The number of hydrogen-bond acceptors (Lipinski definition) is 4. The van der Waals surface area contributed by atoms with Crippen LogP contribution in [0.1, 0.15) is 62.9 Å². The number of carboxylic acids is 1. The highest BCUT2D eigenvalue weighted by Gasteiger charge is 2.34. The van der Waals surface area contributed by atoms with Crippen molar-refractivity contribution in [3.63, 3.8) is 0 Å². The van der Waals surface area contributed by atoms with Crippen molar-refractivity contribution >= 4 is 23.8 Å². The smallest absolute Gasteiger partial charge is 0.309 e. The molecule has 6 heteroatoms. The molecule has 1 saturated heterocycles. The third kappa shape index (κ3) is 6.90. The van der Waals surface area contributed by atoms with Gasteiger partial charge in [0.05, 0.1) is 16.8 Å². The Kier molecular flexibility index (Phi) is 9.88. The van der Waals surface area contributed by atoms with E-state index in [2.05, 4.69) is 46.6 Å². The maximum absolute atomic E-state index is 11.7. The summed E-state index contributed by atoms with van der Waals surface area (Å²) in [4.78, 5) is 18.9. The Bertz CT molecular complexity index is 887. The molecule has 0 spiro atoms. The van der Waals surface area contributed by atoms with E-state index in [0.717, 1.165) is 29.2 Å². The quantitative estimate of drug-likeness (QED) is 0.528. The van der Waals surface area contributed by atoms with Crippen LogP contribution < -0.4 is 5.32 Å². The van der Waals surface area contributed by atoms with Gasteiger partial charge >= 0.3 is 5.97 Å². The van der Waals surface area contributed by atoms with Gasteiger partial charge in [0.15, 0.2) is 0 Å². The zero-order valence-electron chi connectivity index (χ0n) is 19.3. The average molecular weight is 440 g/mol. The maximum atomic E-state index is 11.7. The summed E-state index contributed by atoms with van der Waals surface area (Å²) in [6, 6.07) is 14.4. The lowest BCUT2D eigenvalue weighted by Gasteiger charge is -2.26. The third-order valence-corrected chi connectivity index (χ3v) is 6.49. The maximum Gasteiger partial charge on any atom is 0.309 e. The highest BCUT2D eigenvalue weighted by molar-refractivity contribution is 5.74. The van der Waals surface area contributed by atoms with E-state index in [0.29, 0.717) is 25.8 Å². The standard InChI is InChI=1S/C26H35N3O2.H2O/c1-3-26(4-2,25(30)31)15-16-27-23-11-7-9-21(19-23)13-14-22-10-8-12-24(28-22)20-29-17-5-6-18-29;/h7-14,19,27H,3-6,15-18,20H2,1-2H3,(H,30,31);1H2. The lowest BCUT2D eigenvalue weighted by atomic mass is 9.79. The topological polar surface area (TPSA) is 97.0 Å². The Morgan fingerprint density at radius 3 is 2.53 bits per heavy atom. The van der Waals surface area contributed by atoms with Crippen LogP contribution in [0, 0.1) is 5.41 Å². The van der Waals surface area contributed by atoms with Crippen molar-refractivity contribution in [2.75, 3.05) is 25.0 Å². The molecular formula is C26H37N3O3. The molecule has 0 saturated carbocycles. The molecule has 2 heterocycles. The minimum absolute atomic E-state index is 0. The minimum atomic E-state index is -0.699. The molecule has 1 aromatic carbocycles. The van der Waals surface area contributed by atoms with Crippen molar-refractivity contribution in [2.24, 2.45) is 5.41 Å². The number of aromatic nitrogens is 1. The van der Waals surface area contributed by atoms with Crippen molar-refractivity contribution in [2.45, 2.75) is 52.5 Å². The third-order valence-electron chi connectivity index (χ3n) is 6.49. The van der Waals surface area contributed by atoms with Crippen LogP contribution in [0.4, 0.5) is 5.69 Å². The minimum Gasteiger partial charge on any atom is -0.481 e. The number of likely N-dealkylation sites (tertiary alicyclic amines) is 1. The number of nitrogens with zero attached hydrogens (tertiary/aromatic N) is 2. The van der Waals surface area contributed by atoms with Gasteiger partial charge in [0.2, 0.25) is 0 Å². The molecule has 0 radical (unpaired) electrons. The van der Waals surface area contributed by atoms with Crippen LogP contribution in [0.15, 0.2) is 42.5 Å². The summed E-state index contributed by atoms with van der Waals surface area (Å²) in [5, 5.41) is 13.0. The van der Waals surface area contributed by atoms with Crippen LogP contribution in [0.5, 0.6) is 0 Å². The molecule has 4 N–H and O–H groups in total. The first-order valence-electron chi connectivity index (χ1n) is 11.5. The van der Waals surface area contributed by atoms with Gasteiger partial charge in [-0.3, -0.25) is 14.7 Å². The van der Waals surface area contributed by atoms with Crippen molar-refractivity contribution in [1.82, 2.24) is 9.88 Å². The Hall–Kier alpha value is -2.70. The van der Waals surface area contributed by atoms with Crippen LogP contribution in [0.25, 0.3) is 12.2 Å². The van der Waals surface area contributed by atoms with Gasteiger partial charge in [-0.25, -0.2) is 0 Å². The van der Waals surface area contributed by atoms with Crippen molar-refractivity contribution in [1.29, 1.82) is 0 Å². The van der Waals surface area contributed by atoms with Crippen LogP contribution in [-0.4, -0.2) is 46.1 Å². The molecule has 0 bridgehead atoms. The monoisotopic (exact) mass is 439 g/mol. The highest BCUT2D eigenvalue weighted by Crippen LogP contribution is 2.31. The Labute approximate surface area is 191 Å². The summed E-state index contributed by atoms with van der Waals surface area (Å²) in [5.74, 6) is -0.699. The Morgan fingerprint density at radius 2 is 1.84 bits per heavy atom. The summed E-state index contributed by atoms with van der Waals surface area (Å²) < 4.78 is 0. The van der Waals surface area contributed by atoms with Gasteiger partial charge < -0.3 is 15.9 Å². The van der Waals surface area contributed by atoms with Crippen LogP contribution in [0.2, 0.25) is 0 Å². The van der Waals surface area contributed by atoms with E-state index in [-0.39, 0.29) is 5.48 Å². The number of nitrogens with one attached hydrogen (secondary N) is 1. The normalized spacial score (nSPS) is 14.4. The number of aliphatic carboxylic acids is 1. The fourth-order valence-electron chi connectivity index (χ4n) is 4.24. The number of benzene rings is 1. The molecule has 1 aliphatic rings. The van der Waals surface area contributed by atoms with Crippen LogP contribution in [0.3, 0.4) is 0 Å². The first kappa shape index (κ1) is 25.6. The molecule has 2 aromatic rings. The molecule has 1 aromatic heterocycles. The van der Waals surface area contributed by atoms with E-state index in [1.54, 1.807) is 0 Å². The summed E-state index contributed by atoms with van der Waals surface area (Å²) in [7, 11) is 0. The molecule has 32 heavy (non-hydrogen) atoms. The molecule has 174 valence electrons. The van der Waals surface area contributed by atoms with E-state index in [1.807, 2.05) is 32.0 Å². The van der Waals surface area contributed by atoms with Crippen molar-refractivity contribution in [3.05, 3.63) is 59.4 Å². The van der Waals surface area contributed by atoms with Gasteiger partial charge in [-0.05, 0) is 81.1 Å². The number of carboxylic acid groups (broad SMARTS) is 1. The van der Waals surface area contributed by atoms with E-state index in [1.165, 1.54) is 25.9 Å². The lowest BCUT2D eigenvalue weighted by molar-refractivity contribution is -0.149. The number of rotatable bonds is 11. The zero-order chi connectivity index (χ0) is 22.1. The molecule has 3 rings (SSSR count). The van der Waals surface area contributed by atoms with Gasteiger partial charge in [0, 0.05) is 18.8 Å². The first-order chi connectivity index (χ1) is 15.0. The number of anilines is 1. The SMILES string of the molecule is CCC(CC)(CCNc1cccc(C=Cc2cccc(CN3CCCC3)n2)c1)C(=O)O.O.